The minimum absolute atomic E-state index is 0.217. The van der Waals surface area contributed by atoms with Crippen molar-refractivity contribution < 1.29 is 13.2 Å². The Morgan fingerprint density at radius 1 is 1.00 bits per heavy atom. The summed E-state index contributed by atoms with van der Waals surface area (Å²) < 4.78 is 26.4. The summed E-state index contributed by atoms with van der Waals surface area (Å²) in [5, 5.41) is 1.74. The Bertz CT molecular complexity index is 1140. The van der Waals surface area contributed by atoms with Crippen molar-refractivity contribution >= 4 is 38.1 Å². The molecular formula is C22H22N2O3S. The number of carbonyl (C=O) groups excluding carboxylic acids is 1. The van der Waals surface area contributed by atoms with E-state index in [4.69, 9.17) is 0 Å². The van der Waals surface area contributed by atoms with E-state index in [9.17, 15) is 13.2 Å². The Morgan fingerprint density at radius 3 is 2.54 bits per heavy atom. The summed E-state index contributed by atoms with van der Waals surface area (Å²) in [4.78, 5) is 14.9. The van der Waals surface area contributed by atoms with Gasteiger partial charge in [0.25, 0.3) is 0 Å². The summed E-state index contributed by atoms with van der Waals surface area (Å²) in [5.41, 5.74) is 2.53. The zero-order chi connectivity index (χ0) is 19.7. The zero-order valence-corrected chi connectivity index (χ0v) is 16.5. The van der Waals surface area contributed by atoms with E-state index in [0.29, 0.717) is 12.2 Å². The van der Waals surface area contributed by atoms with Crippen molar-refractivity contribution in [3.05, 3.63) is 72.3 Å². The first-order chi connectivity index (χ1) is 13.4. The predicted octanol–water partition coefficient (Wildman–Crippen LogP) is 3.59. The lowest BCUT2D eigenvalue weighted by molar-refractivity contribution is -0.117. The number of benzene rings is 3. The molecule has 0 bridgehead atoms. The summed E-state index contributed by atoms with van der Waals surface area (Å²) in [7, 11) is -3.63. The number of hydrogen-bond acceptors (Lipinski definition) is 3. The average Bonchev–Trinajstić information content (AvgIpc) is 2.70. The molecule has 0 fully saturated rings. The number of aryl methyl sites for hydroxylation is 1. The van der Waals surface area contributed by atoms with Crippen molar-refractivity contribution in [1.29, 1.82) is 0 Å². The van der Waals surface area contributed by atoms with E-state index >= 15 is 0 Å². The predicted molar refractivity (Wildman–Crippen MR) is 113 cm³/mol. The average molecular weight is 394 g/mol. The monoisotopic (exact) mass is 394 g/mol. The number of nitrogens with zero attached hydrogens (tertiary/aromatic N) is 2. The number of hydrogen-bond donors (Lipinski definition) is 0. The van der Waals surface area contributed by atoms with Crippen LogP contribution in [0.2, 0.25) is 0 Å². The largest absolute Gasteiger partial charge is 0.311 e. The van der Waals surface area contributed by atoms with E-state index in [1.165, 1.54) is 4.31 Å². The molecule has 0 unspecified atom stereocenters. The molecule has 1 aliphatic rings. The molecule has 4 rings (SSSR count). The van der Waals surface area contributed by atoms with Gasteiger partial charge in [-0.25, -0.2) is 8.42 Å². The van der Waals surface area contributed by atoms with Crippen LogP contribution in [0.15, 0.2) is 66.7 Å². The minimum atomic E-state index is -3.63. The molecule has 3 aromatic rings. The van der Waals surface area contributed by atoms with Crippen LogP contribution in [0, 0.1) is 0 Å². The van der Waals surface area contributed by atoms with Crippen LogP contribution in [0.5, 0.6) is 0 Å². The first-order valence-electron chi connectivity index (χ1n) is 9.29. The number of amides is 1. The van der Waals surface area contributed by atoms with Gasteiger partial charge in [-0.1, -0.05) is 54.6 Å². The fraction of sp³-hybridized carbons (Fsp3) is 0.227. The quantitative estimate of drug-likeness (QED) is 0.680. The molecule has 6 heteroatoms. The Labute approximate surface area is 165 Å². The molecule has 1 aliphatic heterocycles. The Balaban J connectivity index is 1.72. The number of sulfonamides is 1. The molecule has 0 N–H and O–H groups in total. The molecular weight excluding hydrogens is 372 g/mol. The minimum Gasteiger partial charge on any atom is -0.311 e. The van der Waals surface area contributed by atoms with Crippen molar-refractivity contribution in [2.45, 2.75) is 12.8 Å². The highest BCUT2D eigenvalue weighted by Crippen LogP contribution is 2.30. The molecule has 0 aliphatic carbocycles. The first-order valence-corrected chi connectivity index (χ1v) is 11.1. The van der Waals surface area contributed by atoms with Gasteiger partial charge in [-0.3, -0.25) is 9.10 Å². The second-order valence-electron chi connectivity index (χ2n) is 7.05. The smallest absolute Gasteiger partial charge is 0.247 e. The van der Waals surface area contributed by atoms with Crippen molar-refractivity contribution in [3.63, 3.8) is 0 Å². The number of para-hydroxylation sites is 1. The zero-order valence-electron chi connectivity index (χ0n) is 15.7. The van der Waals surface area contributed by atoms with Crippen LogP contribution in [0.4, 0.5) is 11.4 Å². The van der Waals surface area contributed by atoms with Gasteiger partial charge < -0.3 is 4.90 Å². The van der Waals surface area contributed by atoms with Crippen LogP contribution in [0.25, 0.3) is 10.8 Å². The second-order valence-corrected chi connectivity index (χ2v) is 8.95. The molecule has 5 nitrogen and oxygen atoms in total. The Kier molecular flexibility index (Phi) is 4.81. The molecule has 1 amide bonds. The fourth-order valence-electron chi connectivity index (χ4n) is 3.81. The molecule has 1 heterocycles. The first kappa shape index (κ1) is 18.5. The molecule has 0 spiro atoms. The summed E-state index contributed by atoms with van der Waals surface area (Å²) in [6.07, 6.45) is 2.95. The van der Waals surface area contributed by atoms with E-state index in [-0.39, 0.29) is 12.5 Å². The molecule has 28 heavy (non-hydrogen) atoms. The van der Waals surface area contributed by atoms with Gasteiger partial charge >= 0.3 is 0 Å². The lowest BCUT2D eigenvalue weighted by atomic mass is 10.0. The van der Waals surface area contributed by atoms with Gasteiger partial charge in [0, 0.05) is 17.6 Å². The van der Waals surface area contributed by atoms with E-state index in [1.54, 1.807) is 11.0 Å². The van der Waals surface area contributed by atoms with Crippen LogP contribution in [0.3, 0.4) is 0 Å². The molecule has 0 aromatic heterocycles. The van der Waals surface area contributed by atoms with Crippen LogP contribution in [0.1, 0.15) is 12.0 Å². The Morgan fingerprint density at radius 2 is 1.71 bits per heavy atom. The van der Waals surface area contributed by atoms with Crippen molar-refractivity contribution in [2.75, 3.05) is 28.6 Å². The van der Waals surface area contributed by atoms with Gasteiger partial charge in [-0.15, -0.1) is 0 Å². The van der Waals surface area contributed by atoms with Crippen LogP contribution in [-0.4, -0.2) is 33.7 Å². The lowest BCUT2D eigenvalue weighted by Gasteiger charge is -2.32. The van der Waals surface area contributed by atoms with Crippen LogP contribution >= 0.6 is 0 Å². The van der Waals surface area contributed by atoms with Gasteiger partial charge in [-0.05, 0) is 35.9 Å². The second kappa shape index (κ2) is 7.28. The van der Waals surface area contributed by atoms with Crippen molar-refractivity contribution in [2.24, 2.45) is 0 Å². The number of fused-ring (bicyclic) bond motifs is 2. The molecule has 0 saturated heterocycles. The van der Waals surface area contributed by atoms with E-state index in [0.717, 1.165) is 41.1 Å². The van der Waals surface area contributed by atoms with Gasteiger partial charge in [-0.2, -0.15) is 0 Å². The number of anilines is 2. The topological polar surface area (TPSA) is 57.7 Å². The SMILES string of the molecule is CS(=O)(=O)N(CC(=O)N1CCCc2ccccc21)c1cccc2ccccc12. The molecule has 0 atom stereocenters. The highest BCUT2D eigenvalue weighted by atomic mass is 32.2. The summed E-state index contributed by atoms with van der Waals surface area (Å²) in [6, 6.07) is 20.9. The summed E-state index contributed by atoms with van der Waals surface area (Å²) in [5.74, 6) is -0.217. The van der Waals surface area contributed by atoms with Crippen LogP contribution in [-0.2, 0) is 21.2 Å². The molecule has 144 valence electrons. The lowest BCUT2D eigenvalue weighted by Crippen LogP contribution is -2.44. The maximum Gasteiger partial charge on any atom is 0.247 e. The molecule has 3 aromatic carbocycles. The molecule has 0 saturated carbocycles. The van der Waals surface area contributed by atoms with Gasteiger partial charge in [0.2, 0.25) is 15.9 Å². The van der Waals surface area contributed by atoms with Crippen molar-refractivity contribution in [3.8, 4) is 0 Å². The third kappa shape index (κ3) is 3.47. The maximum atomic E-state index is 13.1. The maximum absolute atomic E-state index is 13.1. The van der Waals surface area contributed by atoms with E-state index < -0.39 is 10.0 Å². The normalized spacial score (nSPS) is 14.0. The van der Waals surface area contributed by atoms with E-state index in [1.807, 2.05) is 60.7 Å². The number of rotatable bonds is 4. The standard InChI is InChI=1S/C22H22N2O3S/c1-28(26,27)24(21-14-6-10-17-8-2-4-12-19(17)21)16-22(25)23-15-7-11-18-9-3-5-13-20(18)23/h2-6,8-10,12-14H,7,11,15-16H2,1H3. The van der Waals surface area contributed by atoms with Crippen LogP contribution < -0.4 is 9.21 Å². The highest BCUT2D eigenvalue weighted by molar-refractivity contribution is 7.92. The highest BCUT2D eigenvalue weighted by Gasteiger charge is 2.28. The Hall–Kier alpha value is -2.86. The molecule has 0 radical (unpaired) electrons. The summed E-state index contributed by atoms with van der Waals surface area (Å²) in [6.45, 7) is 0.379. The fourth-order valence-corrected chi connectivity index (χ4v) is 4.67. The van der Waals surface area contributed by atoms with Gasteiger partial charge in [0.1, 0.15) is 6.54 Å². The van der Waals surface area contributed by atoms with E-state index in [2.05, 4.69) is 0 Å². The van der Waals surface area contributed by atoms with Crippen molar-refractivity contribution in [1.82, 2.24) is 0 Å². The van der Waals surface area contributed by atoms with Gasteiger partial charge in [0.15, 0.2) is 0 Å². The summed E-state index contributed by atoms with van der Waals surface area (Å²) >= 11 is 0. The third-order valence-electron chi connectivity index (χ3n) is 5.13. The third-order valence-corrected chi connectivity index (χ3v) is 6.25. The van der Waals surface area contributed by atoms with Gasteiger partial charge in [0.05, 0.1) is 11.9 Å². The number of carbonyl (C=O) groups is 1.